The number of benzene rings is 1. The number of pyridine rings is 1. The lowest BCUT2D eigenvalue weighted by molar-refractivity contribution is -0.385. The van der Waals surface area contributed by atoms with Crippen LogP contribution >= 0.6 is 11.6 Å². The van der Waals surface area contributed by atoms with Gasteiger partial charge in [0.25, 0.3) is 5.69 Å². The van der Waals surface area contributed by atoms with Crippen LogP contribution in [0.5, 0.6) is 11.5 Å². The molecule has 0 saturated heterocycles. The van der Waals surface area contributed by atoms with Gasteiger partial charge in [-0.2, -0.15) is 0 Å². The van der Waals surface area contributed by atoms with E-state index in [0.717, 1.165) is 0 Å². The molecule has 2 aromatic rings. The molecule has 20 heavy (non-hydrogen) atoms. The smallest absolute Gasteiger partial charge is 0.273 e. The van der Waals surface area contributed by atoms with E-state index in [1.54, 1.807) is 18.2 Å². The predicted octanol–water partition coefficient (Wildman–Crippen LogP) is 3.23. The van der Waals surface area contributed by atoms with E-state index < -0.39 is 4.92 Å². The van der Waals surface area contributed by atoms with Crippen LogP contribution in [0.2, 0.25) is 5.15 Å². The first kappa shape index (κ1) is 14.1. The molecular formula is C13H11ClN2O4. The van der Waals surface area contributed by atoms with Crippen LogP contribution in [0, 0.1) is 10.1 Å². The van der Waals surface area contributed by atoms with Crippen LogP contribution in [-0.4, -0.2) is 17.0 Å². The largest absolute Gasteiger partial charge is 0.493 e. The summed E-state index contributed by atoms with van der Waals surface area (Å²) < 4.78 is 10.6. The van der Waals surface area contributed by atoms with Crippen LogP contribution < -0.4 is 9.47 Å². The van der Waals surface area contributed by atoms with E-state index >= 15 is 0 Å². The van der Waals surface area contributed by atoms with E-state index in [1.165, 1.54) is 25.3 Å². The van der Waals surface area contributed by atoms with E-state index in [0.29, 0.717) is 16.6 Å². The van der Waals surface area contributed by atoms with Crippen molar-refractivity contribution in [2.75, 3.05) is 7.11 Å². The maximum absolute atomic E-state index is 10.8. The first-order chi connectivity index (χ1) is 9.60. The van der Waals surface area contributed by atoms with Crippen LogP contribution in [0.3, 0.4) is 0 Å². The Morgan fingerprint density at radius 3 is 2.75 bits per heavy atom. The fourth-order valence-electron chi connectivity index (χ4n) is 1.57. The zero-order valence-electron chi connectivity index (χ0n) is 10.6. The molecule has 0 aliphatic rings. The lowest BCUT2D eigenvalue weighted by atomic mass is 10.3. The lowest BCUT2D eigenvalue weighted by Gasteiger charge is -2.10. The molecular weight excluding hydrogens is 284 g/mol. The van der Waals surface area contributed by atoms with Gasteiger partial charge in [0.1, 0.15) is 11.8 Å². The topological polar surface area (TPSA) is 74.5 Å². The van der Waals surface area contributed by atoms with Gasteiger partial charge < -0.3 is 9.47 Å². The Labute approximate surface area is 120 Å². The second kappa shape index (κ2) is 6.21. The summed E-state index contributed by atoms with van der Waals surface area (Å²) in [6.07, 6.45) is 0. The summed E-state index contributed by atoms with van der Waals surface area (Å²) in [6, 6.07) is 9.29. The zero-order chi connectivity index (χ0) is 14.5. The molecule has 1 aromatic heterocycles. The van der Waals surface area contributed by atoms with E-state index in [4.69, 9.17) is 21.1 Å². The van der Waals surface area contributed by atoms with E-state index in [9.17, 15) is 10.1 Å². The Morgan fingerprint density at radius 1 is 1.30 bits per heavy atom. The van der Waals surface area contributed by atoms with Crippen molar-refractivity contribution in [3.05, 3.63) is 57.4 Å². The van der Waals surface area contributed by atoms with Crippen molar-refractivity contribution >= 4 is 17.3 Å². The van der Waals surface area contributed by atoms with Crippen molar-refractivity contribution in [3.63, 3.8) is 0 Å². The maximum atomic E-state index is 10.8. The van der Waals surface area contributed by atoms with Gasteiger partial charge in [-0.15, -0.1) is 0 Å². The van der Waals surface area contributed by atoms with E-state index in [1.807, 2.05) is 0 Å². The van der Waals surface area contributed by atoms with Gasteiger partial charge in [-0.3, -0.25) is 10.1 Å². The first-order valence-corrected chi connectivity index (χ1v) is 6.04. The Hall–Kier alpha value is -2.34. The number of non-ortho nitro benzene ring substituents is 1. The highest BCUT2D eigenvalue weighted by Crippen LogP contribution is 2.31. The van der Waals surface area contributed by atoms with Crippen molar-refractivity contribution < 1.29 is 14.4 Å². The average molecular weight is 295 g/mol. The van der Waals surface area contributed by atoms with Crippen LogP contribution in [0.25, 0.3) is 0 Å². The molecule has 0 aliphatic heterocycles. The molecule has 0 aliphatic carbocycles. The standard InChI is InChI=1S/C13H11ClN2O4/c1-19-11-6-5-10(16(17)18)7-12(11)20-8-9-3-2-4-13(14)15-9/h2-7H,8H2,1H3. The number of nitrogens with zero attached hydrogens (tertiary/aromatic N) is 2. The SMILES string of the molecule is COc1ccc([N+](=O)[O-])cc1OCc1cccc(Cl)n1. The number of nitro groups is 1. The summed E-state index contributed by atoms with van der Waals surface area (Å²) >= 11 is 5.77. The molecule has 7 heteroatoms. The molecule has 0 bridgehead atoms. The minimum Gasteiger partial charge on any atom is -0.493 e. The highest BCUT2D eigenvalue weighted by atomic mass is 35.5. The fraction of sp³-hybridized carbons (Fsp3) is 0.154. The van der Waals surface area contributed by atoms with Gasteiger partial charge in [0.15, 0.2) is 11.5 Å². The molecule has 104 valence electrons. The average Bonchev–Trinajstić information content (AvgIpc) is 2.44. The summed E-state index contributed by atoms with van der Waals surface area (Å²) in [7, 11) is 1.46. The molecule has 0 saturated carbocycles. The third-order valence-corrected chi connectivity index (χ3v) is 2.72. The summed E-state index contributed by atoms with van der Waals surface area (Å²) in [5.74, 6) is 0.695. The molecule has 0 radical (unpaired) electrons. The third kappa shape index (κ3) is 3.36. The maximum Gasteiger partial charge on any atom is 0.273 e. The van der Waals surface area contributed by atoms with Gasteiger partial charge in [0.2, 0.25) is 0 Å². The molecule has 1 aromatic carbocycles. The summed E-state index contributed by atoms with van der Waals surface area (Å²) in [4.78, 5) is 14.3. The van der Waals surface area contributed by atoms with Crippen molar-refractivity contribution in [2.24, 2.45) is 0 Å². The molecule has 6 nitrogen and oxygen atoms in total. The number of hydrogen-bond acceptors (Lipinski definition) is 5. The van der Waals surface area contributed by atoms with Crippen LogP contribution in [0.15, 0.2) is 36.4 Å². The number of halogens is 1. The van der Waals surface area contributed by atoms with Crippen molar-refractivity contribution in [3.8, 4) is 11.5 Å². The number of ether oxygens (including phenoxy) is 2. The molecule has 0 spiro atoms. The van der Waals surface area contributed by atoms with Crippen molar-refractivity contribution in [1.29, 1.82) is 0 Å². The Bertz CT molecular complexity index is 634. The fourth-order valence-corrected chi connectivity index (χ4v) is 1.76. The van der Waals surface area contributed by atoms with Gasteiger partial charge in [-0.25, -0.2) is 4.98 Å². The highest BCUT2D eigenvalue weighted by Gasteiger charge is 2.12. The predicted molar refractivity (Wildman–Crippen MR) is 73.2 cm³/mol. The Morgan fingerprint density at radius 2 is 2.10 bits per heavy atom. The zero-order valence-corrected chi connectivity index (χ0v) is 11.3. The van der Waals surface area contributed by atoms with Gasteiger partial charge in [-0.1, -0.05) is 17.7 Å². The highest BCUT2D eigenvalue weighted by molar-refractivity contribution is 6.29. The minimum atomic E-state index is -0.496. The van der Waals surface area contributed by atoms with Gasteiger partial charge in [0.05, 0.1) is 23.8 Å². The number of nitro benzene ring substituents is 1. The van der Waals surface area contributed by atoms with Gasteiger partial charge in [-0.05, 0) is 18.2 Å². The van der Waals surface area contributed by atoms with E-state index in [2.05, 4.69) is 4.98 Å². The second-order valence-electron chi connectivity index (χ2n) is 3.83. The molecule has 0 fully saturated rings. The molecule has 0 N–H and O–H groups in total. The molecule has 0 atom stereocenters. The molecule has 1 heterocycles. The number of hydrogen-bond donors (Lipinski definition) is 0. The van der Waals surface area contributed by atoms with Crippen molar-refractivity contribution in [2.45, 2.75) is 6.61 Å². The number of aromatic nitrogens is 1. The van der Waals surface area contributed by atoms with Crippen LogP contribution in [0.1, 0.15) is 5.69 Å². The molecule has 2 rings (SSSR count). The Kier molecular flexibility index (Phi) is 4.37. The van der Waals surface area contributed by atoms with Crippen molar-refractivity contribution in [1.82, 2.24) is 4.98 Å². The minimum absolute atomic E-state index is 0.0696. The monoisotopic (exact) mass is 294 g/mol. The summed E-state index contributed by atoms with van der Waals surface area (Å²) in [5.41, 5.74) is 0.547. The summed E-state index contributed by atoms with van der Waals surface area (Å²) in [6.45, 7) is 0.137. The van der Waals surface area contributed by atoms with Crippen LogP contribution in [-0.2, 0) is 6.61 Å². The third-order valence-electron chi connectivity index (χ3n) is 2.51. The quantitative estimate of drug-likeness (QED) is 0.481. The summed E-state index contributed by atoms with van der Waals surface area (Å²) in [5, 5.41) is 11.1. The molecule has 0 amide bonds. The molecule has 0 unspecified atom stereocenters. The normalized spacial score (nSPS) is 10.1. The lowest BCUT2D eigenvalue weighted by Crippen LogP contribution is -2.00. The first-order valence-electron chi connectivity index (χ1n) is 5.67. The second-order valence-corrected chi connectivity index (χ2v) is 4.22. The van der Waals surface area contributed by atoms with Crippen LogP contribution in [0.4, 0.5) is 5.69 Å². The number of methoxy groups -OCH3 is 1. The van der Waals surface area contributed by atoms with E-state index in [-0.39, 0.29) is 18.0 Å². The van der Waals surface area contributed by atoms with Gasteiger partial charge >= 0.3 is 0 Å². The van der Waals surface area contributed by atoms with Gasteiger partial charge in [0, 0.05) is 6.07 Å². The Balaban J connectivity index is 2.19. The number of rotatable bonds is 5.